The molecule has 34 heteroatoms. The zero-order valence-corrected chi connectivity index (χ0v) is 61.7. The van der Waals surface area contributed by atoms with Gasteiger partial charge in [0.15, 0.2) is 49.8 Å². The van der Waals surface area contributed by atoms with Crippen molar-refractivity contribution >= 4 is 30.2 Å². The monoisotopic (exact) mass is 1520 g/mol. The molecule has 11 rings (SSSR count). The second-order valence-corrected chi connectivity index (χ2v) is 33.1. The third kappa shape index (κ3) is 14.9. The first-order chi connectivity index (χ1) is 49.8. The minimum Gasteiger partial charge on any atom is -0.464 e. The molecular weight excluding hydrogens is 1410 g/mol. The molecule has 10 fully saturated rings. The van der Waals surface area contributed by atoms with Gasteiger partial charge in [0.05, 0.1) is 49.7 Å². The predicted octanol–water partition coefficient (Wildman–Crippen LogP) is -2.41. The molecule has 0 radical (unpaired) electrons. The smallest absolute Gasteiger partial charge is 0.338 e. The highest BCUT2D eigenvalue weighted by Gasteiger charge is 2.73. The lowest BCUT2D eigenvalue weighted by atomic mass is 9.33. The Hall–Kier alpha value is -3.71. The molecule has 5 aliphatic carbocycles. The number of carbonyl (C=O) groups excluding carboxylic acids is 5. The highest BCUT2D eigenvalue weighted by atomic mass is 16.8. The number of aliphatic hydroxyl groups excluding tert-OH is 14. The summed E-state index contributed by atoms with van der Waals surface area (Å²) in [5, 5.41) is 157. The molecule has 6 saturated heterocycles. The number of allylic oxidation sites excluding steroid dienone is 2. The molecule has 0 aromatic carbocycles. The Kier molecular flexibility index (Phi) is 25.2. The minimum absolute atomic E-state index is 0.0276. The Bertz CT molecular complexity index is 3120. The van der Waals surface area contributed by atoms with Crippen molar-refractivity contribution in [3.05, 3.63) is 11.6 Å². The van der Waals surface area contributed by atoms with Crippen molar-refractivity contribution in [2.45, 2.75) is 331 Å². The molecule has 4 saturated carbocycles. The first-order valence-corrected chi connectivity index (χ1v) is 37.2. The molecule has 0 bridgehead atoms. The van der Waals surface area contributed by atoms with E-state index in [9.17, 15) is 90.7 Å². The Morgan fingerprint density at radius 3 is 1.81 bits per heavy atom. The number of carbonyl (C=O) groups is 5. The van der Waals surface area contributed by atoms with Crippen molar-refractivity contribution in [3.63, 3.8) is 0 Å². The van der Waals surface area contributed by atoms with E-state index >= 15 is 4.79 Å². The van der Waals surface area contributed by atoms with E-state index in [4.69, 9.17) is 71.1 Å². The van der Waals surface area contributed by atoms with Crippen LogP contribution in [0.25, 0.3) is 0 Å². The molecule has 0 aromatic rings. The van der Waals surface area contributed by atoms with Crippen molar-refractivity contribution in [1.29, 1.82) is 0 Å². The van der Waals surface area contributed by atoms with Crippen LogP contribution >= 0.6 is 0 Å². The van der Waals surface area contributed by atoms with Gasteiger partial charge in [-0.05, 0) is 117 Å². The normalized spacial score (nSPS) is 50.7. The molecule has 604 valence electrons. The number of aldehydes is 1. The Morgan fingerprint density at radius 2 is 1.15 bits per heavy atom. The van der Waals surface area contributed by atoms with Crippen LogP contribution in [0.3, 0.4) is 0 Å². The molecule has 106 heavy (non-hydrogen) atoms. The van der Waals surface area contributed by atoms with Gasteiger partial charge in [-0.3, -0.25) is 14.4 Å². The quantitative estimate of drug-likeness (QED) is 0.0142. The Labute approximate surface area is 614 Å². The molecule has 0 spiro atoms. The zero-order chi connectivity index (χ0) is 77.6. The van der Waals surface area contributed by atoms with Crippen molar-refractivity contribution in [1.82, 2.24) is 0 Å². The molecule has 38 atom stereocenters. The molecule has 14 N–H and O–H groups in total. The van der Waals surface area contributed by atoms with Crippen molar-refractivity contribution < 1.29 is 167 Å². The Balaban J connectivity index is 0.894. The maximum Gasteiger partial charge on any atom is 0.338 e. The third-order valence-electron chi connectivity index (χ3n) is 26.1. The number of rotatable bonds is 21. The molecule has 0 aromatic heterocycles. The largest absolute Gasteiger partial charge is 0.464 e. The predicted molar refractivity (Wildman–Crippen MR) is 353 cm³/mol. The van der Waals surface area contributed by atoms with Gasteiger partial charge in [-0.2, -0.15) is 0 Å². The number of fused-ring (bicyclic) bond motifs is 7. The van der Waals surface area contributed by atoms with Crippen LogP contribution in [0.1, 0.15) is 147 Å². The summed E-state index contributed by atoms with van der Waals surface area (Å²) < 4.78 is 90.7. The number of ether oxygens (including phenoxy) is 15. The van der Waals surface area contributed by atoms with E-state index in [0.29, 0.717) is 51.4 Å². The van der Waals surface area contributed by atoms with Crippen LogP contribution in [0.2, 0.25) is 0 Å². The summed E-state index contributed by atoms with van der Waals surface area (Å²) in [5.74, 6) is -4.93. The topological polar surface area (TPSA) is 507 Å². The van der Waals surface area contributed by atoms with Gasteiger partial charge in [0.2, 0.25) is 6.29 Å². The fourth-order valence-electron chi connectivity index (χ4n) is 19.8. The second kappa shape index (κ2) is 32.0. The van der Waals surface area contributed by atoms with Gasteiger partial charge in [-0.15, -0.1) is 0 Å². The van der Waals surface area contributed by atoms with E-state index in [-0.39, 0.29) is 31.8 Å². The fourth-order valence-corrected chi connectivity index (χ4v) is 19.8. The summed E-state index contributed by atoms with van der Waals surface area (Å²) in [6.45, 7) is 17.4. The van der Waals surface area contributed by atoms with Crippen LogP contribution in [0, 0.1) is 50.2 Å². The van der Waals surface area contributed by atoms with Gasteiger partial charge >= 0.3 is 23.9 Å². The molecular formula is C72H112O34. The summed E-state index contributed by atoms with van der Waals surface area (Å²) in [5.41, 5.74) is -4.77. The second-order valence-electron chi connectivity index (χ2n) is 33.1. The number of hydrogen-bond donors (Lipinski definition) is 14. The SMILES string of the molecule is CCCCOC(=O)[C@H]1O[C@@H](O[C@H]2CC[C@]3(C)[C@H]4CC=C5[C@H]6CC(C)(C)CC[C@]6(C(=O)O[C@@H]6O[C@H](C)[C@H](OC(C)=O)[C@H](O[C@@H]7O[C@@H](COC(C)=O)[C@H](O)[C@H]7O)[C@H]6O[C@@H]6O[C@@H](C)[C@H](O[C@@H]7OC[C@@H](O)[C@H](O)[C@H]7O)[C@@H](O)[C@H]6O)[C@@H](O)C[C@@]5(C)[C@]4(C)CC[C@H]3[C@]2(C)C=O)[C@H](O[C@@H]2O[C@H](CO)[C@H](O)[C@H](O)[C@H]2O)[C@@H](O)[C@@H]1O. The first kappa shape index (κ1) is 83.2. The lowest BCUT2D eigenvalue weighted by Crippen LogP contribution is -2.69. The summed E-state index contributed by atoms with van der Waals surface area (Å²) in [6, 6.07) is 0. The van der Waals surface area contributed by atoms with Gasteiger partial charge in [0, 0.05) is 13.8 Å². The standard InChI is InChI=1S/C72H112O34/c1-12-13-22-92-59(90)55-46(83)47(84)56(103-63-51(88)45(82)43(80)36(25-73)98-63)64(102-55)100-41-17-18-68(8)38(69(41,9)28-74)16-19-70(10)39(68)15-14-33-34-23-67(6,7)20-21-72(34,40(78)24-71(33,70)11)66(91)106-65-58(105-61-52(89)48(85)53(29(2)95-61)101-60-49(86)42(79)35(77)26-94-60)57(54(30(3)96-65)97-32(5)76)104-62-50(87)44(81)37(99-62)27-93-31(4)75/h14,28-30,34-58,60-65,73,77-89H,12-13,15-27H2,1-11H3/t29-,30+,34+,35+,36+,37-,38+,39+,40-,41-,42-,43-,44-,45-,46-,47-,48-,49+,50+,51+,52+,53-,54-,55-,56+,57-,58+,60-,61-,62-,63-,64+,65-,68-,69-,70+,71+,72+/m0/s1. The van der Waals surface area contributed by atoms with Gasteiger partial charge in [0.1, 0.15) is 122 Å². The van der Waals surface area contributed by atoms with E-state index < -0.39 is 272 Å². The van der Waals surface area contributed by atoms with Crippen LogP contribution in [0.4, 0.5) is 0 Å². The third-order valence-corrected chi connectivity index (χ3v) is 26.1. The molecule has 34 nitrogen and oxygen atoms in total. The summed E-state index contributed by atoms with van der Waals surface area (Å²) >= 11 is 0. The van der Waals surface area contributed by atoms with E-state index in [1.165, 1.54) is 13.8 Å². The zero-order valence-electron chi connectivity index (χ0n) is 61.7. The van der Waals surface area contributed by atoms with E-state index in [1.54, 1.807) is 6.92 Å². The number of hydrogen-bond acceptors (Lipinski definition) is 34. The lowest BCUT2D eigenvalue weighted by Gasteiger charge is -2.71. The van der Waals surface area contributed by atoms with Crippen LogP contribution in [0.5, 0.6) is 0 Å². The van der Waals surface area contributed by atoms with Crippen LogP contribution < -0.4 is 0 Å². The maximum absolute atomic E-state index is 16.2. The molecule has 0 unspecified atom stereocenters. The summed E-state index contributed by atoms with van der Waals surface area (Å²) in [7, 11) is 0. The summed E-state index contributed by atoms with van der Waals surface area (Å²) in [6.07, 6.45) is -44.5. The maximum atomic E-state index is 16.2. The van der Waals surface area contributed by atoms with Gasteiger partial charge in [-0.25, -0.2) is 4.79 Å². The highest BCUT2D eigenvalue weighted by Crippen LogP contribution is 2.76. The van der Waals surface area contributed by atoms with Gasteiger partial charge in [0.25, 0.3) is 0 Å². The highest BCUT2D eigenvalue weighted by molar-refractivity contribution is 5.80. The van der Waals surface area contributed by atoms with Crippen molar-refractivity contribution in [3.8, 4) is 0 Å². The lowest BCUT2D eigenvalue weighted by molar-refractivity contribution is -0.382. The first-order valence-electron chi connectivity index (χ1n) is 37.2. The Morgan fingerprint density at radius 1 is 0.557 bits per heavy atom. The number of unbranched alkanes of at least 4 members (excludes halogenated alkanes) is 1. The van der Waals surface area contributed by atoms with Crippen LogP contribution in [-0.2, 0) is 95.0 Å². The van der Waals surface area contributed by atoms with E-state index in [2.05, 4.69) is 40.7 Å². The molecule has 6 heterocycles. The molecule has 0 amide bonds. The fraction of sp³-hybridized carbons (Fsp3) is 0.903. The van der Waals surface area contributed by atoms with Crippen LogP contribution in [-0.4, -0.2) is 312 Å². The minimum atomic E-state index is -2.09. The van der Waals surface area contributed by atoms with E-state index in [1.807, 2.05) is 6.92 Å². The van der Waals surface area contributed by atoms with Crippen molar-refractivity contribution in [2.75, 3.05) is 26.4 Å². The van der Waals surface area contributed by atoms with E-state index in [0.717, 1.165) is 25.7 Å². The molecule has 11 aliphatic rings. The average Bonchev–Trinajstić information content (AvgIpc) is 0.825. The van der Waals surface area contributed by atoms with Crippen LogP contribution in [0.15, 0.2) is 11.6 Å². The number of esters is 4. The average molecular weight is 1520 g/mol. The van der Waals surface area contributed by atoms with Gasteiger partial charge < -0.3 is 147 Å². The van der Waals surface area contributed by atoms with Crippen molar-refractivity contribution in [2.24, 2.45) is 50.2 Å². The molecule has 6 aliphatic heterocycles. The summed E-state index contributed by atoms with van der Waals surface area (Å²) in [4.78, 5) is 69.1. The number of aliphatic hydroxyl groups is 14. The van der Waals surface area contributed by atoms with Gasteiger partial charge in [-0.1, -0.05) is 66.5 Å².